The van der Waals surface area contributed by atoms with Gasteiger partial charge in [0.2, 0.25) is 5.91 Å². The van der Waals surface area contributed by atoms with Gasteiger partial charge in [0.25, 0.3) is 0 Å². The molecule has 1 aliphatic heterocycles. The van der Waals surface area contributed by atoms with E-state index in [0.29, 0.717) is 12.1 Å². The second kappa shape index (κ2) is 8.05. The quantitative estimate of drug-likeness (QED) is 0.686. The van der Waals surface area contributed by atoms with Gasteiger partial charge in [0.1, 0.15) is 17.7 Å². The molecule has 3 aromatic rings. The van der Waals surface area contributed by atoms with E-state index in [1.54, 1.807) is 30.6 Å². The van der Waals surface area contributed by atoms with Crippen LogP contribution in [0.2, 0.25) is 0 Å². The highest BCUT2D eigenvalue weighted by atomic mass is 19.1. The summed E-state index contributed by atoms with van der Waals surface area (Å²) < 4.78 is 19.3. The van der Waals surface area contributed by atoms with E-state index in [1.807, 2.05) is 30.3 Å². The van der Waals surface area contributed by atoms with Gasteiger partial charge in [-0.25, -0.2) is 4.39 Å². The van der Waals surface area contributed by atoms with Crippen molar-refractivity contribution in [2.45, 2.75) is 12.5 Å². The number of carbonyl (C=O) groups is 1. The summed E-state index contributed by atoms with van der Waals surface area (Å²) in [6.07, 6.45) is 7.12. The average molecular weight is 374 g/mol. The molecule has 0 aliphatic carbocycles. The number of halogens is 1. The predicted octanol–water partition coefficient (Wildman–Crippen LogP) is 4.02. The minimum absolute atomic E-state index is 0.121. The molecule has 1 aliphatic rings. The molecule has 1 N–H and O–H groups in total. The van der Waals surface area contributed by atoms with E-state index < -0.39 is 0 Å². The van der Waals surface area contributed by atoms with Gasteiger partial charge in [-0.05, 0) is 47.0 Å². The smallest absolute Gasteiger partial charge is 0.244 e. The normalized spacial score (nSPS) is 15.2. The minimum Gasteiger partial charge on any atom is -0.487 e. The number of benzene rings is 2. The maximum atomic E-state index is 13.2. The van der Waals surface area contributed by atoms with Crippen LogP contribution in [0.4, 0.5) is 4.39 Å². The number of carbonyl (C=O) groups excluding carboxylic acids is 1. The number of hydrogen-bond acceptors (Lipinski definition) is 3. The number of nitrogens with one attached hydrogen (secondary N) is 1. The number of ether oxygens (including phenoxy) is 1. The molecule has 0 saturated heterocycles. The van der Waals surface area contributed by atoms with Crippen molar-refractivity contribution < 1.29 is 13.9 Å². The monoisotopic (exact) mass is 374 g/mol. The molecule has 140 valence electrons. The molecule has 4 rings (SSSR count). The number of amides is 1. The van der Waals surface area contributed by atoms with Gasteiger partial charge < -0.3 is 10.1 Å². The highest BCUT2D eigenvalue weighted by Crippen LogP contribution is 2.38. The van der Waals surface area contributed by atoms with Gasteiger partial charge in [0.15, 0.2) is 0 Å². The molecule has 1 atom stereocenters. The lowest BCUT2D eigenvalue weighted by Gasteiger charge is -2.13. The molecular weight excluding hydrogens is 355 g/mol. The van der Waals surface area contributed by atoms with Crippen LogP contribution in [0.5, 0.6) is 5.75 Å². The Bertz CT molecular complexity index is 1020. The largest absolute Gasteiger partial charge is 0.487 e. The maximum absolute atomic E-state index is 13.2. The minimum atomic E-state index is -0.329. The summed E-state index contributed by atoms with van der Waals surface area (Å²) in [5.41, 5.74) is 3.85. The molecule has 2 heterocycles. The molecular formula is C23H19FN2O2. The van der Waals surface area contributed by atoms with Gasteiger partial charge in [-0.1, -0.05) is 30.3 Å². The summed E-state index contributed by atoms with van der Waals surface area (Å²) >= 11 is 0. The fraction of sp³-hybridized carbons (Fsp3) is 0.130. The number of rotatable bonds is 5. The van der Waals surface area contributed by atoms with Crippen molar-refractivity contribution >= 4 is 12.0 Å². The first-order valence-corrected chi connectivity index (χ1v) is 9.09. The number of hydrogen-bond donors (Lipinski definition) is 1. The number of para-hydroxylation sites is 1. The molecule has 0 fully saturated rings. The van der Waals surface area contributed by atoms with Gasteiger partial charge in [-0.3, -0.25) is 9.78 Å². The van der Waals surface area contributed by atoms with E-state index in [1.165, 1.54) is 18.2 Å². The summed E-state index contributed by atoms with van der Waals surface area (Å²) in [7, 11) is 0. The van der Waals surface area contributed by atoms with E-state index in [-0.39, 0.29) is 17.8 Å². The summed E-state index contributed by atoms with van der Waals surface area (Å²) in [4.78, 5) is 16.1. The number of pyridine rings is 1. The molecule has 1 aromatic heterocycles. The van der Waals surface area contributed by atoms with Crippen molar-refractivity contribution in [1.29, 1.82) is 0 Å². The summed E-state index contributed by atoms with van der Waals surface area (Å²) in [5, 5.41) is 2.85. The van der Waals surface area contributed by atoms with Crippen LogP contribution in [0, 0.1) is 5.82 Å². The van der Waals surface area contributed by atoms with Gasteiger partial charge in [0.05, 0.1) is 6.54 Å². The summed E-state index contributed by atoms with van der Waals surface area (Å²) in [5.74, 6) is 0.297. The second-order valence-electron chi connectivity index (χ2n) is 6.61. The Kier molecular flexibility index (Phi) is 5.15. The molecule has 0 spiro atoms. The SMILES string of the molecule is O=C(C=Cc1cccc(F)c1)NCC1Cc2cccc(-c3ccncc3)c2O1. The lowest BCUT2D eigenvalue weighted by Crippen LogP contribution is -2.33. The Hall–Kier alpha value is -3.47. The topological polar surface area (TPSA) is 51.2 Å². The molecule has 0 saturated carbocycles. The van der Waals surface area contributed by atoms with E-state index in [2.05, 4.69) is 10.3 Å². The van der Waals surface area contributed by atoms with Crippen LogP contribution in [0.3, 0.4) is 0 Å². The first-order chi connectivity index (χ1) is 13.7. The molecule has 2 aromatic carbocycles. The molecule has 0 radical (unpaired) electrons. The third-order valence-electron chi connectivity index (χ3n) is 4.60. The van der Waals surface area contributed by atoms with Crippen LogP contribution < -0.4 is 10.1 Å². The van der Waals surface area contributed by atoms with Crippen LogP contribution in [-0.2, 0) is 11.2 Å². The van der Waals surface area contributed by atoms with Crippen molar-refractivity contribution in [1.82, 2.24) is 10.3 Å². The fourth-order valence-electron chi connectivity index (χ4n) is 3.27. The van der Waals surface area contributed by atoms with Gasteiger partial charge >= 0.3 is 0 Å². The lowest BCUT2D eigenvalue weighted by atomic mass is 10.0. The van der Waals surface area contributed by atoms with Gasteiger partial charge in [-0.15, -0.1) is 0 Å². The third kappa shape index (κ3) is 4.09. The Balaban J connectivity index is 1.37. The Morgan fingerprint density at radius 3 is 2.82 bits per heavy atom. The second-order valence-corrected chi connectivity index (χ2v) is 6.61. The zero-order chi connectivity index (χ0) is 19.3. The first-order valence-electron chi connectivity index (χ1n) is 9.09. The zero-order valence-corrected chi connectivity index (χ0v) is 15.1. The van der Waals surface area contributed by atoms with E-state index in [0.717, 1.165) is 28.9 Å². The van der Waals surface area contributed by atoms with Crippen molar-refractivity contribution in [2.24, 2.45) is 0 Å². The molecule has 1 unspecified atom stereocenters. The van der Waals surface area contributed by atoms with Crippen molar-refractivity contribution in [3.05, 3.63) is 90.0 Å². The molecule has 4 nitrogen and oxygen atoms in total. The van der Waals surface area contributed by atoms with Crippen LogP contribution in [0.15, 0.2) is 73.1 Å². The van der Waals surface area contributed by atoms with Crippen LogP contribution in [-0.4, -0.2) is 23.5 Å². The van der Waals surface area contributed by atoms with Gasteiger partial charge in [0, 0.05) is 30.5 Å². The van der Waals surface area contributed by atoms with Crippen molar-refractivity contribution in [2.75, 3.05) is 6.54 Å². The van der Waals surface area contributed by atoms with Crippen LogP contribution >= 0.6 is 0 Å². The molecule has 28 heavy (non-hydrogen) atoms. The molecule has 1 amide bonds. The van der Waals surface area contributed by atoms with Crippen LogP contribution in [0.25, 0.3) is 17.2 Å². The maximum Gasteiger partial charge on any atom is 0.244 e. The highest BCUT2D eigenvalue weighted by Gasteiger charge is 2.25. The zero-order valence-electron chi connectivity index (χ0n) is 15.1. The van der Waals surface area contributed by atoms with E-state index >= 15 is 0 Å². The highest BCUT2D eigenvalue weighted by molar-refractivity contribution is 5.91. The molecule has 0 bridgehead atoms. The summed E-state index contributed by atoms with van der Waals surface area (Å²) in [6.45, 7) is 0.400. The first kappa shape index (κ1) is 17.9. The van der Waals surface area contributed by atoms with Crippen molar-refractivity contribution in [3.63, 3.8) is 0 Å². The number of nitrogens with zero attached hydrogens (tertiary/aromatic N) is 1. The lowest BCUT2D eigenvalue weighted by molar-refractivity contribution is -0.116. The number of fused-ring (bicyclic) bond motifs is 1. The predicted molar refractivity (Wildman–Crippen MR) is 106 cm³/mol. The van der Waals surface area contributed by atoms with E-state index in [9.17, 15) is 9.18 Å². The Morgan fingerprint density at radius 2 is 2.00 bits per heavy atom. The van der Waals surface area contributed by atoms with Gasteiger partial charge in [-0.2, -0.15) is 0 Å². The standard InChI is InChI=1S/C23H19FN2O2/c24-19-5-1-3-16(13-19)7-8-22(27)26-15-20-14-18-4-2-6-21(23(18)28-20)17-9-11-25-12-10-17/h1-13,20H,14-15H2,(H,26,27). The Labute approximate surface area is 162 Å². The molecule has 5 heteroatoms. The Morgan fingerprint density at radius 1 is 1.18 bits per heavy atom. The summed E-state index contributed by atoms with van der Waals surface area (Å²) in [6, 6.07) is 16.1. The average Bonchev–Trinajstić information content (AvgIpc) is 3.14. The van der Waals surface area contributed by atoms with Crippen molar-refractivity contribution in [3.8, 4) is 16.9 Å². The number of aromatic nitrogens is 1. The third-order valence-corrected chi connectivity index (χ3v) is 4.60. The van der Waals surface area contributed by atoms with E-state index in [4.69, 9.17) is 4.74 Å². The fourth-order valence-corrected chi connectivity index (χ4v) is 3.27. The van der Waals surface area contributed by atoms with Crippen LogP contribution in [0.1, 0.15) is 11.1 Å².